The number of benzene rings is 3. The van der Waals surface area contributed by atoms with E-state index in [1.165, 1.54) is 0 Å². The highest BCUT2D eigenvalue weighted by Crippen LogP contribution is 2.50. The maximum Gasteiger partial charge on any atom is 0.307 e. The van der Waals surface area contributed by atoms with Crippen LogP contribution in [0.25, 0.3) is 72.7 Å². The Balaban J connectivity index is 0.000000130. The van der Waals surface area contributed by atoms with Gasteiger partial charge in [-0.15, -0.1) is 21.5 Å². The van der Waals surface area contributed by atoms with Crippen LogP contribution >= 0.6 is 11.3 Å². The minimum absolute atomic E-state index is 0.129. The lowest BCUT2D eigenvalue weighted by molar-refractivity contribution is -0.155. The lowest BCUT2D eigenvalue weighted by atomic mass is 10.0. The third kappa shape index (κ3) is 14.7. The van der Waals surface area contributed by atoms with Gasteiger partial charge >= 0.3 is 5.97 Å². The number of pyridine rings is 4. The topological polar surface area (TPSA) is 238 Å². The smallest absolute Gasteiger partial charge is 0.307 e. The number of carbonyl (C=O) groups is 1. The van der Waals surface area contributed by atoms with Crippen molar-refractivity contribution in [2.75, 3.05) is 22.6 Å². The molecule has 1 fully saturated rings. The van der Waals surface area contributed by atoms with Gasteiger partial charge in [-0.2, -0.15) is 5.10 Å². The zero-order valence-corrected chi connectivity index (χ0v) is 54.9. The van der Waals surface area contributed by atoms with E-state index in [1.54, 1.807) is 42.3 Å². The van der Waals surface area contributed by atoms with E-state index in [4.69, 9.17) is 35.0 Å². The number of ether oxygens (including phenoxy) is 1. The molecule has 11 heterocycles. The molecule has 11 aromatic heterocycles. The highest BCUT2D eigenvalue weighted by atomic mass is 32.1. The first-order valence-electron chi connectivity index (χ1n) is 31.7. The van der Waals surface area contributed by atoms with E-state index in [1.807, 2.05) is 189 Å². The quantitative estimate of drug-likeness (QED) is 0.0584. The van der Waals surface area contributed by atoms with E-state index in [2.05, 4.69) is 94.8 Å². The molecule has 15 rings (SSSR count). The summed E-state index contributed by atoms with van der Waals surface area (Å²) in [4.78, 5) is 49.3. The number of aromatic nitrogens is 14. The molecule has 480 valence electrons. The second kappa shape index (κ2) is 28.0. The van der Waals surface area contributed by atoms with Gasteiger partial charge in [0.05, 0.1) is 54.2 Å². The predicted molar refractivity (Wildman–Crippen MR) is 376 cm³/mol. The average molecular weight is 1290 g/mol. The zero-order valence-electron chi connectivity index (χ0n) is 54.0. The number of hydrogen-bond donors (Lipinski definition) is 4. The third-order valence-electron chi connectivity index (χ3n) is 16.1. The molecule has 0 aliphatic heterocycles. The lowest BCUT2D eigenvalue weighted by Crippen LogP contribution is -2.27. The Kier molecular flexibility index (Phi) is 18.5. The van der Waals surface area contributed by atoms with Gasteiger partial charge in [-0.05, 0) is 137 Å². The number of fused-ring (bicyclic) bond motifs is 3. The molecule has 0 spiro atoms. The number of anilines is 3. The van der Waals surface area contributed by atoms with Crippen molar-refractivity contribution in [3.63, 3.8) is 0 Å². The Morgan fingerprint density at radius 1 is 0.562 bits per heavy atom. The molecule has 14 aromatic rings. The summed E-state index contributed by atoms with van der Waals surface area (Å²) in [5.74, 6) is 3.75. The second-order valence-corrected chi connectivity index (χ2v) is 25.6. The van der Waals surface area contributed by atoms with Gasteiger partial charge in [0.1, 0.15) is 22.2 Å². The summed E-state index contributed by atoms with van der Waals surface area (Å²) >= 11 is 1.65. The Bertz CT molecular complexity index is 4980. The van der Waals surface area contributed by atoms with Gasteiger partial charge < -0.3 is 25.8 Å². The van der Waals surface area contributed by atoms with Gasteiger partial charge in [0, 0.05) is 94.4 Å². The molecule has 1 saturated carbocycles. The zero-order chi connectivity index (χ0) is 66.2. The highest BCUT2D eigenvalue weighted by molar-refractivity contribution is 7.09. The number of aliphatic hydroxyl groups is 1. The predicted octanol–water partition coefficient (Wildman–Crippen LogP) is 14.6. The van der Waals surface area contributed by atoms with Gasteiger partial charge in [0.25, 0.3) is 0 Å². The van der Waals surface area contributed by atoms with Crippen molar-refractivity contribution in [2.45, 2.75) is 91.0 Å². The summed E-state index contributed by atoms with van der Waals surface area (Å²) in [5.41, 5.74) is 14.7. The number of aryl methyl sites for hydroxylation is 3. The van der Waals surface area contributed by atoms with Crippen molar-refractivity contribution in [1.82, 2.24) is 68.7 Å². The van der Waals surface area contributed by atoms with E-state index in [-0.39, 0.29) is 24.4 Å². The van der Waals surface area contributed by atoms with Crippen LogP contribution in [0.1, 0.15) is 85.1 Å². The second-order valence-electron chi connectivity index (χ2n) is 24.6. The van der Waals surface area contributed by atoms with Crippen molar-refractivity contribution < 1.29 is 14.6 Å². The van der Waals surface area contributed by atoms with Gasteiger partial charge in [0.2, 0.25) is 0 Å². The van der Waals surface area contributed by atoms with E-state index < -0.39 is 11.6 Å². The summed E-state index contributed by atoms with van der Waals surface area (Å²) in [6, 6.07) is 51.9. The molecule has 1 aliphatic rings. The number of hydrogen-bond acceptors (Lipinski definition) is 18. The average Bonchev–Trinajstić information content (AvgIpc) is 1.58. The fourth-order valence-corrected chi connectivity index (χ4v) is 12.0. The minimum Gasteiger partial charge on any atom is -0.460 e. The summed E-state index contributed by atoms with van der Waals surface area (Å²) in [7, 11) is 0. The summed E-state index contributed by atoms with van der Waals surface area (Å²) in [5, 5.41) is 38.0. The normalized spacial score (nSPS) is 12.7. The number of aliphatic hydroxyl groups excluding tert-OH is 1. The SMILES string of the molecule is CC(C)(C)OC(=O)CC1(c2nc(NCc3ccccn3)c3c(-c4ccccc4)ccn3n2)CC1.Cc1cncc(-c2nc(NC(CO)c3ccccn3)c3c(-c4ccccc4)ccn3n2)c1.Cc1cncc(-c2nc(NCc3csc(C)n3)c3c(-c4ccccc4)ccn3n2)c1. The number of nitrogens with one attached hydrogen (secondary N) is 3. The van der Waals surface area contributed by atoms with E-state index in [0.717, 1.165) is 119 Å². The largest absolute Gasteiger partial charge is 0.460 e. The monoisotopic (exact) mass is 1290 g/mol. The van der Waals surface area contributed by atoms with Crippen LogP contribution in [0.3, 0.4) is 0 Å². The Morgan fingerprint density at radius 2 is 1.05 bits per heavy atom. The molecule has 0 radical (unpaired) electrons. The maximum atomic E-state index is 12.6. The molecule has 21 heteroatoms. The molecule has 96 heavy (non-hydrogen) atoms. The molecule has 1 unspecified atom stereocenters. The van der Waals surface area contributed by atoms with Crippen molar-refractivity contribution in [2.24, 2.45) is 0 Å². The fourth-order valence-electron chi connectivity index (χ4n) is 11.4. The molecular weight excluding hydrogens is 1220 g/mol. The van der Waals surface area contributed by atoms with Crippen molar-refractivity contribution in [3.05, 3.63) is 258 Å². The van der Waals surface area contributed by atoms with E-state index in [0.29, 0.717) is 36.4 Å². The number of carbonyl (C=O) groups excluding carboxylic acids is 1. The Morgan fingerprint density at radius 3 is 1.52 bits per heavy atom. The van der Waals surface area contributed by atoms with Crippen LogP contribution in [0.2, 0.25) is 0 Å². The summed E-state index contributed by atoms with van der Waals surface area (Å²) < 4.78 is 11.2. The molecular formula is C75H71N17O3S. The van der Waals surface area contributed by atoms with E-state index >= 15 is 0 Å². The fraction of sp³-hybridized carbons (Fsp3) is 0.200. The number of esters is 1. The summed E-state index contributed by atoms with van der Waals surface area (Å²) in [6.07, 6.45) is 18.5. The molecule has 4 N–H and O–H groups in total. The van der Waals surface area contributed by atoms with Crippen LogP contribution in [-0.2, 0) is 28.0 Å². The van der Waals surface area contributed by atoms with Gasteiger partial charge in [0.15, 0.2) is 34.9 Å². The van der Waals surface area contributed by atoms with Crippen LogP contribution in [0.4, 0.5) is 17.5 Å². The molecule has 1 atom stereocenters. The Hall–Kier alpha value is -11.4. The number of rotatable bonds is 18. The van der Waals surface area contributed by atoms with Crippen molar-refractivity contribution in [1.29, 1.82) is 0 Å². The van der Waals surface area contributed by atoms with Crippen LogP contribution in [0, 0.1) is 20.8 Å². The molecule has 20 nitrogen and oxygen atoms in total. The first-order valence-corrected chi connectivity index (χ1v) is 32.6. The van der Waals surface area contributed by atoms with Crippen LogP contribution < -0.4 is 16.0 Å². The van der Waals surface area contributed by atoms with Crippen molar-refractivity contribution >= 4 is 51.3 Å². The minimum atomic E-state index is -0.515. The van der Waals surface area contributed by atoms with Gasteiger partial charge in [-0.1, -0.05) is 103 Å². The molecule has 3 aromatic carbocycles. The van der Waals surface area contributed by atoms with Crippen LogP contribution in [0.15, 0.2) is 219 Å². The highest BCUT2D eigenvalue weighted by Gasteiger charge is 2.50. The number of nitrogens with zero attached hydrogens (tertiary/aromatic N) is 14. The molecule has 0 amide bonds. The molecule has 0 bridgehead atoms. The molecule has 1 aliphatic carbocycles. The van der Waals surface area contributed by atoms with Crippen molar-refractivity contribution in [3.8, 4) is 56.2 Å². The first kappa shape index (κ1) is 63.3. The Labute approximate surface area is 559 Å². The van der Waals surface area contributed by atoms with Gasteiger partial charge in [-0.25, -0.2) is 33.5 Å². The van der Waals surface area contributed by atoms with Gasteiger partial charge in [-0.3, -0.25) is 24.7 Å². The summed E-state index contributed by atoms with van der Waals surface area (Å²) in [6.45, 7) is 12.7. The van der Waals surface area contributed by atoms with Crippen LogP contribution in [0.5, 0.6) is 0 Å². The first-order chi connectivity index (χ1) is 46.7. The van der Waals surface area contributed by atoms with E-state index in [9.17, 15) is 9.90 Å². The third-order valence-corrected chi connectivity index (χ3v) is 16.9. The maximum absolute atomic E-state index is 12.6. The molecule has 0 saturated heterocycles. The van der Waals surface area contributed by atoms with Crippen LogP contribution in [-0.4, -0.2) is 92.0 Å². The lowest BCUT2D eigenvalue weighted by Gasteiger charge is -2.22. The standard InChI is InChI=1S/C27H29N5O2.C25H22N6O.C23H20N6S/c1-26(2,3)34-22(33)17-27(13-14-27)25-30-24(29-18-20-11-7-8-15-28-20)23-21(12-16-32(23)31-25)19-9-5-4-6-10-19;1-17-13-19(15-26-14-17)24-29-25(28-22(16-32)21-9-5-6-11-27-21)23-20(10-12-31(23)30-24)18-7-3-2-4-8-18;1-15-10-18(12-24-11-15)22-27-23(25-13-19-14-30-16(2)26-19)21-20(8-9-29(21)28-22)17-6-4-3-5-7-17/h4-12,15-16H,13-14,17-18H2,1-3H3,(H,29,30,31);2-15,22,32H,16H2,1H3,(H,28,29,30);3-12,14H,13H2,1-2H3,(H,25,27,28). The number of thiazole rings is 1.